The van der Waals surface area contributed by atoms with Crippen molar-refractivity contribution in [3.8, 4) is 6.07 Å². The van der Waals surface area contributed by atoms with Gasteiger partial charge in [0, 0.05) is 24.5 Å². The molecule has 1 aliphatic heterocycles. The lowest BCUT2D eigenvalue weighted by molar-refractivity contribution is -0.138. The summed E-state index contributed by atoms with van der Waals surface area (Å²) in [6.07, 6.45) is 0.363. The summed E-state index contributed by atoms with van der Waals surface area (Å²) >= 11 is 3.39. The number of aliphatic carboxylic acids is 1. The predicted molar refractivity (Wildman–Crippen MR) is 73.0 cm³/mol. The molecule has 0 spiro atoms. The molecule has 5 nitrogen and oxygen atoms in total. The molecule has 0 radical (unpaired) electrons. The Balaban J connectivity index is 2.34. The molecule has 1 heterocycles. The van der Waals surface area contributed by atoms with Gasteiger partial charge in [0.1, 0.15) is 6.04 Å². The lowest BCUT2D eigenvalue weighted by atomic mass is 10.1. The molecule has 1 saturated heterocycles. The molecule has 0 aliphatic carbocycles. The SMILES string of the molecule is COC1CC(C(=O)O)N(c2ccc(C#N)cc2Br)C1. The minimum Gasteiger partial charge on any atom is -0.480 e. The highest BCUT2D eigenvalue weighted by Gasteiger charge is 2.37. The van der Waals surface area contributed by atoms with Crippen molar-refractivity contribution in [1.29, 1.82) is 5.26 Å². The van der Waals surface area contributed by atoms with E-state index in [1.54, 1.807) is 30.2 Å². The highest BCUT2D eigenvalue weighted by atomic mass is 79.9. The molecule has 1 fully saturated rings. The normalized spacial score (nSPS) is 22.3. The number of hydrogen-bond acceptors (Lipinski definition) is 4. The quantitative estimate of drug-likeness (QED) is 0.920. The molecule has 2 unspecified atom stereocenters. The van der Waals surface area contributed by atoms with Crippen molar-refractivity contribution < 1.29 is 14.6 Å². The first-order chi connectivity index (χ1) is 9.06. The van der Waals surface area contributed by atoms with Crippen LogP contribution in [0.3, 0.4) is 0 Å². The maximum Gasteiger partial charge on any atom is 0.326 e. The fourth-order valence-corrected chi connectivity index (χ4v) is 2.88. The summed E-state index contributed by atoms with van der Waals surface area (Å²) in [7, 11) is 1.58. The van der Waals surface area contributed by atoms with Gasteiger partial charge in [0.25, 0.3) is 0 Å². The van der Waals surface area contributed by atoms with Gasteiger partial charge in [-0.2, -0.15) is 5.26 Å². The Morgan fingerprint density at radius 2 is 2.37 bits per heavy atom. The second-order valence-corrected chi connectivity index (χ2v) is 5.23. The zero-order valence-electron chi connectivity index (χ0n) is 10.3. The number of benzene rings is 1. The van der Waals surface area contributed by atoms with E-state index in [4.69, 9.17) is 10.00 Å². The lowest BCUT2D eigenvalue weighted by Gasteiger charge is -2.24. The van der Waals surface area contributed by atoms with E-state index in [1.165, 1.54) is 0 Å². The van der Waals surface area contributed by atoms with Gasteiger partial charge in [0.05, 0.1) is 23.4 Å². The van der Waals surface area contributed by atoms with Crippen LogP contribution in [0.5, 0.6) is 0 Å². The van der Waals surface area contributed by atoms with Crippen molar-refractivity contribution in [2.45, 2.75) is 18.6 Å². The van der Waals surface area contributed by atoms with Gasteiger partial charge >= 0.3 is 5.97 Å². The Labute approximate surface area is 119 Å². The van der Waals surface area contributed by atoms with Crippen LogP contribution in [0.2, 0.25) is 0 Å². The van der Waals surface area contributed by atoms with E-state index in [1.807, 2.05) is 6.07 Å². The van der Waals surface area contributed by atoms with Crippen LogP contribution in [-0.2, 0) is 9.53 Å². The largest absolute Gasteiger partial charge is 0.480 e. The second kappa shape index (κ2) is 5.59. The topological polar surface area (TPSA) is 73.6 Å². The summed E-state index contributed by atoms with van der Waals surface area (Å²) < 4.78 is 5.97. The number of ether oxygens (including phenoxy) is 1. The van der Waals surface area contributed by atoms with Crippen molar-refractivity contribution in [2.75, 3.05) is 18.6 Å². The third-order valence-corrected chi connectivity index (χ3v) is 3.90. The molecular formula is C13H13BrN2O3. The third-order valence-electron chi connectivity index (χ3n) is 3.27. The van der Waals surface area contributed by atoms with Crippen molar-refractivity contribution in [3.63, 3.8) is 0 Å². The number of carbonyl (C=O) groups is 1. The number of nitrogens with zero attached hydrogens (tertiary/aromatic N) is 2. The summed E-state index contributed by atoms with van der Waals surface area (Å²) in [4.78, 5) is 13.1. The predicted octanol–water partition coefficient (Wildman–Crippen LogP) is 2.00. The molecule has 6 heteroatoms. The molecule has 0 saturated carbocycles. The molecule has 1 aromatic carbocycles. The van der Waals surface area contributed by atoms with Crippen LogP contribution in [0.4, 0.5) is 5.69 Å². The van der Waals surface area contributed by atoms with E-state index in [0.29, 0.717) is 18.5 Å². The van der Waals surface area contributed by atoms with Crippen LogP contribution < -0.4 is 4.90 Å². The number of carboxylic acid groups (broad SMARTS) is 1. The maximum absolute atomic E-state index is 11.3. The third kappa shape index (κ3) is 2.72. The van der Waals surface area contributed by atoms with Gasteiger partial charge in [-0.1, -0.05) is 0 Å². The average molecular weight is 325 g/mol. The molecule has 0 aromatic heterocycles. The van der Waals surface area contributed by atoms with Crippen LogP contribution >= 0.6 is 15.9 Å². The number of halogens is 1. The van der Waals surface area contributed by atoms with Gasteiger partial charge in [-0.3, -0.25) is 0 Å². The van der Waals surface area contributed by atoms with Gasteiger partial charge in [-0.05, 0) is 34.1 Å². The monoisotopic (exact) mass is 324 g/mol. The van der Waals surface area contributed by atoms with Gasteiger partial charge in [0.2, 0.25) is 0 Å². The number of rotatable bonds is 3. The number of carboxylic acids is 1. The molecule has 0 bridgehead atoms. The van der Waals surface area contributed by atoms with E-state index in [2.05, 4.69) is 15.9 Å². The van der Waals surface area contributed by atoms with Crippen molar-refractivity contribution in [1.82, 2.24) is 0 Å². The fraction of sp³-hybridized carbons (Fsp3) is 0.385. The zero-order chi connectivity index (χ0) is 14.0. The van der Waals surface area contributed by atoms with E-state index >= 15 is 0 Å². The smallest absolute Gasteiger partial charge is 0.326 e. The van der Waals surface area contributed by atoms with Gasteiger partial charge in [0.15, 0.2) is 0 Å². The van der Waals surface area contributed by atoms with Crippen LogP contribution in [-0.4, -0.2) is 36.9 Å². The number of methoxy groups -OCH3 is 1. The Morgan fingerprint density at radius 3 is 2.89 bits per heavy atom. The Bertz CT molecular complexity index is 541. The van der Waals surface area contributed by atoms with E-state index in [9.17, 15) is 9.90 Å². The van der Waals surface area contributed by atoms with Gasteiger partial charge < -0.3 is 14.7 Å². The molecule has 100 valence electrons. The Morgan fingerprint density at radius 1 is 1.63 bits per heavy atom. The molecule has 19 heavy (non-hydrogen) atoms. The fourth-order valence-electron chi connectivity index (χ4n) is 2.28. The van der Waals surface area contributed by atoms with Crippen molar-refractivity contribution >= 4 is 27.6 Å². The van der Waals surface area contributed by atoms with Crippen LogP contribution in [0.15, 0.2) is 22.7 Å². The van der Waals surface area contributed by atoms with E-state index in [-0.39, 0.29) is 6.10 Å². The molecule has 1 aliphatic rings. The maximum atomic E-state index is 11.3. The highest BCUT2D eigenvalue weighted by molar-refractivity contribution is 9.10. The van der Waals surface area contributed by atoms with E-state index < -0.39 is 12.0 Å². The lowest BCUT2D eigenvalue weighted by Crippen LogP contribution is -2.36. The van der Waals surface area contributed by atoms with Crippen molar-refractivity contribution in [3.05, 3.63) is 28.2 Å². The summed E-state index contributed by atoms with van der Waals surface area (Å²) in [6.45, 7) is 0.526. The highest BCUT2D eigenvalue weighted by Crippen LogP contribution is 2.33. The van der Waals surface area contributed by atoms with Gasteiger partial charge in [-0.25, -0.2) is 4.79 Å². The second-order valence-electron chi connectivity index (χ2n) is 4.38. The molecule has 2 atom stereocenters. The summed E-state index contributed by atoms with van der Waals surface area (Å²) in [5.74, 6) is -0.865. The number of anilines is 1. The summed E-state index contributed by atoms with van der Waals surface area (Å²) in [6, 6.07) is 6.58. The summed E-state index contributed by atoms with van der Waals surface area (Å²) in [5.41, 5.74) is 1.30. The minimum absolute atomic E-state index is 0.0938. The van der Waals surface area contributed by atoms with Gasteiger partial charge in [-0.15, -0.1) is 0 Å². The van der Waals surface area contributed by atoms with Crippen molar-refractivity contribution in [2.24, 2.45) is 0 Å². The van der Waals surface area contributed by atoms with Crippen LogP contribution in [0.1, 0.15) is 12.0 Å². The Hall–Kier alpha value is -1.58. The average Bonchev–Trinajstić information content (AvgIpc) is 2.82. The van der Waals surface area contributed by atoms with Crippen LogP contribution in [0.25, 0.3) is 0 Å². The molecule has 1 N–H and O–H groups in total. The molecule has 1 aromatic rings. The zero-order valence-corrected chi connectivity index (χ0v) is 11.9. The standard InChI is InChI=1S/C13H13BrN2O3/c1-19-9-5-12(13(17)18)16(7-9)11-3-2-8(6-15)4-10(11)14/h2-4,9,12H,5,7H2,1H3,(H,17,18). The first-order valence-electron chi connectivity index (χ1n) is 5.78. The van der Waals surface area contributed by atoms with Crippen LogP contribution in [0, 0.1) is 11.3 Å². The first kappa shape index (κ1) is 13.8. The molecule has 2 rings (SSSR count). The van der Waals surface area contributed by atoms with E-state index in [0.717, 1.165) is 10.2 Å². The number of hydrogen-bond donors (Lipinski definition) is 1. The Kier molecular flexibility index (Phi) is 4.08. The summed E-state index contributed by atoms with van der Waals surface area (Å²) in [5, 5.41) is 18.1. The minimum atomic E-state index is -0.865. The molecule has 0 amide bonds. The first-order valence-corrected chi connectivity index (χ1v) is 6.58. The molecular weight excluding hydrogens is 312 g/mol. The number of nitriles is 1.